The lowest BCUT2D eigenvalue weighted by atomic mass is 9.85. The minimum absolute atomic E-state index is 0.439. The van der Waals surface area contributed by atoms with E-state index >= 15 is 0 Å². The molecule has 0 bridgehead atoms. The normalized spacial score (nSPS) is 15.1. The highest BCUT2D eigenvalue weighted by atomic mass is 16.5. The van der Waals surface area contributed by atoms with E-state index in [1.807, 2.05) is 6.07 Å². The number of benzene rings is 3. The maximum atomic E-state index is 9.55. The zero-order valence-electron chi connectivity index (χ0n) is 22.5. The smallest absolute Gasteiger partial charge is 0.328 e. The third-order valence-corrected chi connectivity index (χ3v) is 6.91. The number of rotatable bonds is 11. The lowest BCUT2D eigenvalue weighted by Gasteiger charge is -2.29. The third kappa shape index (κ3) is 9.30. The Bertz CT molecular complexity index is 1160. The van der Waals surface area contributed by atoms with Crippen molar-refractivity contribution in [3.63, 3.8) is 0 Å². The standard InChI is InChI=1S/C28H33NO2.C4H4O4/c1-30-27-16-15-22(20-28(27)31-2)17-19-29-18-9-14-25(29)21-26(23-10-5-3-6-11-23)24-12-7-4-8-13-24;5-3(6)1-2-4(7)8/h3-8,10-13,15-16,20,25-26H,9,14,17-19,21H2,1-2H3;1-2H,(H,5,6)(H,7,8)/b;2-1+. The fraction of sp³-hybridized carbons (Fsp3) is 0.312. The van der Waals surface area contributed by atoms with E-state index in [-0.39, 0.29) is 0 Å². The van der Waals surface area contributed by atoms with Crippen molar-refractivity contribution in [1.82, 2.24) is 4.90 Å². The van der Waals surface area contributed by atoms with Crippen LogP contribution < -0.4 is 9.47 Å². The summed E-state index contributed by atoms with van der Waals surface area (Å²) < 4.78 is 10.9. The van der Waals surface area contributed by atoms with Crippen LogP contribution in [0.4, 0.5) is 0 Å². The highest BCUT2D eigenvalue weighted by Crippen LogP contribution is 2.34. The van der Waals surface area contributed by atoms with Crippen LogP contribution in [0, 0.1) is 0 Å². The first-order valence-corrected chi connectivity index (χ1v) is 13.1. The quantitative estimate of drug-likeness (QED) is 0.309. The second kappa shape index (κ2) is 15.3. The van der Waals surface area contributed by atoms with Crippen LogP contribution in [0.2, 0.25) is 0 Å². The Morgan fingerprint density at radius 3 is 1.95 bits per heavy atom. The molecule has 7 heteroatoms. The lowest BCUT2D eigenvalue weighted by Crippen LogP contribution is -2.32. The first-order valence-electron chi connectivity index (χ1n) is 13.1. The zero-order chi connectivity index (χ0) is 28.0. The maximum Gasteiger partial charge on any atom is 0.328 e. The summed E-state index contributed by atoms with van der Waals surface area (Å²) in [4.78, 5) is 21.8. The van der Waals surface area contributed by atoms with Gasteiger partial charge in [0.05, 0.1) is 14.2 Å². The Morgan fingerprint density at radius 2 is 1.44 bits per heavy atom. The van der Waals surface area contributed by atoms with E-state index in [0.29, 0.717) is 24.1 Å². The van der Waals surface area contributed by atoms with Gasteiger partial charge in [0.1, 0.15) is 0 Å². The van der Waals surface area contributed by atoms with Crippen LogP contribution in [0.15, 0.2) is 91.0 Å². The van der Waals surface area contributed by atoms with Crippen LogP contribution >= 0.6 is 0 Å². The molecule has 7 nitrogen and oxygen atoms in total. The van der Waals surface area contributed by atoms with Gasteiger partial charge in [0, 0.05) is 30.7 Å². The highest BCUT2D eigenvalue weighted by Gasteiger charge is 2.28. The molecule has 4 rings (SSSR count). The van der Waals surface area contributed by atoms with Crippen molar-refractivity contribution in [2.75, 3.05) is 27.3 Å². The van der Waals surface area contributed by atoms with E-state index in [2.05, 4.69) is 77.7 Å². The number of nitrogens with zero attached hydrogens (tertiary/aromatic N) is 1. The number of carboxylic acid groups (broad SMARTS) is 2. The number of hydrogen-bond acceptors (Lipinski definition) is 5. The molecule has 0 aliphatic carbocycles. The predicted molar refractivity (Wildman–Crippen MR) is 152 cm³/mol. The summed E-state index contributed by atoms with van der Waals surface area (Å²) >= 11 is 0. The van der Waals surface area contributed by atoms with Gasteiger partial charge in [-0.2, -0.15) is 0 Å². The van der Waals surface area contributed by atoms with Crippen LogP contribution in [0.1, 0.15) is 41.9 Å². The van der Waals surface area contributed by atoms with Crippen LogP contribution in [0.25, 0.3) is 0 Å². The molecule has 1 atom stereocenters. The van der Waals surface area contributed by atoms with E-state index in [1.54, 1.807) is 14.2 Å². The van der Waals surface area contributed by atoms with Crippen LogP contribution in [-0.2, 0) is 16.0 Å². The summed E-state index contributed by atoms with van der Waals surface area (Å²) in [6.45, 7) is 2.27. The van der Waals surface area contributed by atoms with Gasteiger partial charge in [-0.15, -0.1) is 0 Å². The summed E-state index contributed by atoms with van der Waals surface area (Å²) in [6, 6.07) is 28.9. The zero-order valence-corrected chi connectivity index (χ0v) is 22.5. The summed E-state index contributed by atoms with van der Waals surface area (Å²) in [5.74, 6) is -0.473. The highest BCUT2D eigenvalue weighted by molar-refractivity contribution is 5.89. The Morgan fingerprint density at radius 1 is 0.872 bits per heavy atom. The second-order valence-corrected chi connectivity index (χ2v) is 9.39. The molecular weight excluding hydrogens is 494 g/mol. The third-order valence-electron chi connectivity index (χ3n) is 6.91. The minimum Gasteiger partial charge on any atom is -0.493 e. The number of methoxy groups -OCH3 is 2. The number of aliphatic carboxylic acids is 2. The molecule has 0 spiro atoms. The molecule has 0 saturated carbocycles. The minimum atomic E-state index is -1.26. The average molecular weight is 532 g/mol. The number of hydrogen-bond donors (Lipinski definition) is 2. The molecule has 1 unspecified atom stereocenters. The summed E-state index contributed by atoms with van der Waals surface area (Å²) in [5.41, 5.74) is 4.13. The Kier molecular flexibility index (Phi) is 11.6. The molecule has 0 radical (unpaired) electrons. The first-order chi connectivity index (χ1) is 18.9. The SMILES string of the molecule is COc1ccc(CCN2CCCC2CC(c2ccccc2)c2ccccc2)cc1OC.O=C(O)/C=C/C(=O)O. The second-order valence-electron chi connectivity index (χ2n) is 9.39. The number of carboxylic acids is 2. The summed E-state index contributed by atoms with van der Waals surface area (Å²) in [5, 5.41) is 15.6. The van der Waals surface area contributed by atoms with Gasteiger partial charge in [-0.05, 0) is 61.1 Å². The van der Waals surface area contributed by atoms with Gasteiger partial charge in [0.2, 0.25) is 0 Å². The molecular formula is C32H37NO6. The average Bonchev–Trinajstić information content (AvgIpc) is 3.41. The Labute approximate surface area is 230 Å². The van der Waals surface area contributed by atoms with E-state index in [9.17, 15) is 9.59 Å². The predicted octanol–water partition coefficient (Wildman–Crippen LogP) is 5.64. The van der Waals surface area contributed by atoms with Crippen molar-refractivity contribution in [2.45, 2.75) is 37.6 Å². The lowest BCUT2D eigenvalue weighted by molar-refractivity contribution is -0.134. The van der Waals surface area contributed by atoms with E-state index in [1.165, 1.54) is 42.5 Å². The van der Waals surface area contributed by atoms with Gasteiger partial charge in [0.15, 0.2) is 11.5 Å². The molecule has 1 aliphatic rings. The molecule has 2 N–H and O–H groups in total. The molecule has 0 aromatic heterocycles. The molecule has 0 amide bonds. The summed E-state index contributed by atoms with van der Waals surface area (Å²) in [6.07, 6.45) is 5.87. The van der Waals surface area contributed by atoms with Crippen molar-refractivity contribution in [2.24, 2.45) is 0 Å². The first kappa shape index (κ1) is 29.5. The van der Waals surface area contributed by atoms with Crippen molar-refractivity contribution < 1.29 is 29.3 Å². The molecule has 3 aromatic carbocycles. The Hall–Kier alpha value is -4.10. The summed E-state index contributed by atoms with van der Waals surface area (Å²) in [7, 11) is 3.38. The molecule has 206 valence electrons. The largest absolute Gasteiger partial charge is 0.493 e. The Balaban J connectivity index is 0.000000459. The van der Waals surface area contributed by atoms with E-state index in [0.717, 1.165) is 24.5 Å². The van der Waals surface area contributed by atoms with Gasteiger partial charge in [-0.3, -0.25) is 0 Å². The molecule has 1 heterocycles. The topological polar surface area (TPSA) is 96.3 Å². The molecule has 1 saturated heterocycles. The monoisotopic (exact) mass is 531 g/mol. The number of likely N-dealkylation sites (tertiary alicyclic amines) is 1. The van der Waals surface area contributed by atoms with Crippen molar-refractivity contribution in [3.8, 4) is 11.5 Å². The maximum absolute atomic E-state index is 9.55. The van der Waals surface area contributed by atoms with E-state index in [4.69, 9.17) is 19.7 Å². The van der Waals surface area contributed by atoms with Gasteiger partial charge in [-0.1, -0.05) is 66.7 Å². The van der Waals surface area contributed by atoms with Crippen LogP contribution in [-0.4, -0.2) is 60.4 Å². The van der Waals surface area contributed by atoms with Crippen molar-refractivity contribution in [1.29, 1.82) is 0 Å². The van der Waals surface area contributed by atoms with Gasteiger partial charge < -0.3 is 24.6 Å². The van der Waals surface area contributed by atoms with Crippen molar-refractivity contribution >= 4 is 11.9 Å². The van der Waals surface area contributed by atoms with Crippen molar-refractivity contribution in [3.05, 3.63) is 108 Å². The number of ether oxygens (including phenoxy) is 2. The van der Waals surface area contributed by atoms with Gasteiger partial charge in [0.25, 0.3) is 0 Å². The van der Waals surface area contributed by atoms with Crippen LogP contribution in [0.5, 0.6) is 11.5 Å². The number of carbonyl (C=O) groups is 2. The fourth-order valence-electron chi connectivity index (χ4n) is 5.02. The molecule has 39 heavy (non-hydrogen) atoms. The van der Waals surface area contributed by atoms with Gasteiger partial charge in [-0.25, -0.2) is 9.59 Å². The van der Waals surface area contributed by atoms with Gasteiger partial charge >= 0.3 is 11.9 Å². The van der Waals surface area contributed by atoms with E-state index < -0.39 is 11.9 Å². The molecule has 1 aliphatic heterocycles. The van der Waals surface area contributed by atoms with Crippen LogP contribution in [0.3, 0.4) is 0 Å². The molecule has 3 aromatic rings. The fourth-order valence-corrected chi connectivity index (χ4v) is 5.02. The molecule has 1 fully saturated rings.